The van der Waals surface area contributed by atoms with E-state index in [0.717, 1.165) is 0 Å². The number of allylic oxidation sites excluding steroid dienone is 1. The second-order valence-electron chi connectivity index (χ2n) is 3.97. The molecule has 0 unspecified atom stereocenters. The summed E-state index contributed by atoms with van der Waals surface area (Å²) in [7, 11) is 0. The van der Waals surface area contributed by atoms with Gasteiger partial charge in [0.1, 0.15) is 17.2 Å². The van der Waals surface area contributed by atoms with Crippen LogP contribution in [0, 0.1) is 0 Å². The molecule has 0 saturated carbocycles. The van der Waals surface area contributed by atoms with Crippen molar-refractivity contribution < 1.29 is 19.4 Å². The lowest BCUT2D eigenvalue weighted by molar-refractivity contribution is -0.138. The summed E-state index contributed by atoms with van der Waals surface area (Å²) < 4.78 is 4.74. The number of aliphatic hydroxyl groups excluding tert-OH is 1. The van der Waals surface area contributed by atoms with E-state index < -0.39 is 17.8 Å². The molecule has 0 aliphatic rings. The van der Waals surface area contributed by atoms with Crippen LogP contribution < -0.4 is 11.1 Å². The van der Waals surface area contributed by atoms with E-state index in [1.807, 2.05) is 0 Å². The number of hydrogen-bond donors (Lipinski definition) is 3. The van der Waals surface area contributed by atoms with Crippen LogP contribution >= 0.6 is 0 Å². The van der Waals surface area contributed by atoms with Gasteiger partial charge in [-0.2, -0.15) is 4.99 Å². The normalized spacial score (nSPS) is 12.4. The summed E-state index contributed by atoms with van der Waals surface area (Å²) in [5, 5.41) is 11.9. The van der Waals surface area contributed by atoms with Crippen molar-refractivity contribution >= 4 is 23.5 Å². The zero-order chi connectivity index (χ0) is 15.8. The maximum atomic E-state index is 11.7. The van der Waals surface area contributed by atoms with Gasteiger partial charge in [-0.3, -0.25) is 0 Å². The molecule has 0 aliphatic heterocycles. The van der Waals surface area contributed by atoms with E-state index in [1.54, 1.807) is 37.3 Å². The Bertz CT molecular complexity index is 575. The molecule has 0 aromatic heterocycles. The number of amides is 2. The Balaban J connectivity index is 2.89. The van der Waals surface area contributed by atoms with Gasteiger partial charge >= 0.3 is 12.0 Å². The predicted octanol–water partition coefficient (Wildman–Crippen LogP) is 1.97. The van der Waals surface area contributed by atoms with E-state index in [-0.39, 0.29) is 17.9 Å². The minimum absolute atomic E-state index is 0.110. The highest BCUT2D eigenvalue weighted by Crippen LogP contribution is 2.08. The molecule has 2 amide bonds. The Hall–Kier alpha value is -2.83. The third-order valence-corrected chi connectivity index (χ3v) is 2.34. The third-order valence-electron chi connectivity index (χ3n) is 2.34. The Morgan fingerprint density at radius 1 is 1.33 bits per heavy atom. The summed E-state index contributed by atoms with van der Waals surface area (Å²) in [4.78, 5) is 26.9. The number of benzene rings is 1. The second-order valence-corrected chi connectivity index (χ2v) is 3.97. The van der Waals surface area contributed by atoms with Crippen molar-refractivity contribution in [2.75, 3.05) is 11.9 Å². The van der Waals surface area contributed by atoms with E-state index in [1.165, 1.54) is 6.92 Å². The van der Waals surface area contributed by atoms with Gasteiger partial charge in [-0.25, -0.2) is 9.59 Å². The fourth-order valence-corrected chi connectivity index (χ4v) is 1.48. The number of hydrogen-bond acceptors (Lipinski definition) is 4. The van der Waals surface area contributed by atoms with Gasteiger partial charge < -0.3 is 20.9 Å². The fraction of sp³-hybridized carbons (Fsp3) is 0.214. The van der Waals surface area contributed by atoms with Crippen LogP contribution in [0.5, 0.6) is 0 Å². The number of ether oxygens (including phenoxy) is 1. The van der Waals surface area contributed by atoms with Crippen LogP contribution in [0.2, 0.25) is 0 Å². The molecule has 0 radical (unpaired) electrons. The number of carbonyl (C=O) groups excluding carboxylic acids is 2. The third kappa shape index (κ3) is 4.98. The SMILES string of the molecule is CCOC(=O)C(C(N)=NC(=O)Nc1ccccc1)=C(C)O. The molecule has 4 N–H and O–H groups in total. The number of esters is 1. The maximum absolute atomic E-state index is 11.7. The molecule has 0 atom stereocenters. The zero-order valence-electron chi connectivity index (χ0n) is 11.8. The monoisotopic (exact) mass is 291 g/mol. The summed E-state index contributed by atoms with van der Waals surface area (Å²) in [5.41, 5.74) is 5.77. The lowest BCUT2D eigenvalue weighted by Crippen LogP contribution is -2.26. The molecule has 0 heterocycles. The molecule has 0 bridgehead atoms. The van der Waals surface area contributed by atoms with Crippen LogP contribution in [0.25, 0.3) is 0 Å². The van der Waals surface area contributed by atoms with Crippen LogP contribution in [0.4, 0.5) is 10.5 Å². The minimum Gasteiger partial charge on any atom is -0.512 e. The number of amidine groups is 1. The van der Waals surface area contributed by atoms with E-state index in [9.17, 15) is 14.7 Å². The van der Waals surface area contributed by atoms with Gasteiger partial charge in [0.25, 0.3) is 0 Å². The van der Waals surface area contributed by atoms with E-state index in [4.69, 9.17) is 10.5 Å². The maximum Gasteiger partial charge on any atom is 0.347 e. The number of nitrogens with one attached hydrogen (secondary N) is 1. The van der Waals surface area contributed by atoms with Gasteiger partial charge in [0.05, 0.1) is 6.61 Å². The van der Waals surface area contributed by atoms with Gasteiger partial charge in [0, 0.05) is 5.69 Å². The highest BCUT2D eigenvalue weighted by Gasteiger charge is 2.19. The van der Waals surface area contributed by atoms with Crippen LogP contribution in [0.3, 0.4) is 0 Å². The quantitative estimate of drug-likeness (QED) is 0.258. The Morgan fingerprint density at radius 3 is 2.48 bits per heavy atom. The van der Waals surface area contributed by atoms with Crippen molar-refractivity contribution in [3.63, 3.8) is 0 Å². The number of nitrogens with zero attached hydrogens (tertiary/aromatic N) is 1. The van der Waals surface area contributed by atoms with Gasteiger partial charge in [0.2, 0.25) is 0 Å². The van der Waals surface area contributed by atoms with Crippen molar-refractivity contribution in [2.24, 2.45) is 10.7 Å². The number of carbonyl (C=O) groups is 2. The first-order chi connectivity index (χ1) is 9.95. The molecule has 1 aromatic rings. The Labute approximate surface area is 122 Å². The molecule has 7 nitrogen and oxygen atoms in total. The standard InChI is InChI=1S/C14H17N3O4/c1-3-21-13(19)11(9(2)18)12(15)17-14(20)16-10-7-5-4-6-8-10/h4-8,18H,3H2,1-2H3,(H3,15,16,17,20). The number of aliphatic imine (C=N–C) groups is 1. The first kappa shape index (κ1) is 16.2. The van der Waals surface area contributed by atoms with Crippen molar-refractivity contribution in [2.45, 2.75) is 13.8 Å². The van der Waals surface area contributed by atoms with Gasteiger partial charge in [-0.05, 0) is 26.0 Å². The summed E-state index contributed by atoms with van der Waals surface area (Å²) >= 11 is 0. The Kier molecular flexibility index (Phi) is 5.94. The van der Waals surface area contributed by atoms with Crippen molar-refractivity contribution in [3.8, 4) is 0 Å². The molecule has 7 heteroatoms. The number of urea groups is 1. The number of para-hydroxylation sites is 1. The average molecular weight is 291 g/mol. The molecule has 0 spiro atoms. The highest BCUT2D eigenvalue weighted by atomic mass is 16.5. The van der Waals surface area contributed by atoms with Crippen LogP contribution in [-0.4, -0.2) is 29.5 Å². The summed E-state index contributed by atoms with van der Waals surface area (Å²) in [6.45, 7) is 2.97. The highest BCUT2D eigenvalue weighted by molar-refractivity contribution is 6.21. The molecular formula is C14H17N3O4. The smallest absolute Gasteiger partial charge is 0.347 e. The van der Waals surface area contributed by atoms with Crippen LogP contribution in [0.1, 0.15) is 13.8 Å². The molecule has 21 heavy (non-hydrogen) atoms. The number of rotatable bonds is 4. The molecule has 112 valence electrons. The van der Waals surface area contributed by atoms with E-state index in [2.05, 4.69) is 10.3 Å². The summed E-state index contributed by atoms with van der Waals surface area (Å²) in [6.07, 6.45) is 0. The van der Waals surface area contributed by atoms with Crippen molar-refractivity contribution in [1.29, 1.82) is 0 Å². The Morgan fingerprint density at radius 2 is 1.95 bits per heavy atom. The molecule has 0 saturated heterocycles. The number of aliphatic hydroxyl groups is 1. The molecule has 0 aliphatic carbocycles. The number of nitrogens with two attached hydrogens (primary N) is 1. The van der Waals surface area contributed by atoms with Crippen LogP contribution in [-0.2, 0) is 9.53 Å². The van der Waals surface area contributed by atoms with Gasteiger partial charge in [-0.1, -0.05) is 18.2 Å². The molecule has 0 fully saturated rings. The van der Waals surface area contributed by atoms with Crippen molar-refractivity contribution in [1.82, 2.24) is 0 Å². The summed E-state index contributed by atoms with van der Waals surface area (Å²) in [5.74, 6) is -1.63. The summed E-state index contributed by atoms with van der Waals surface area (Å²) in [6, 6.07) is 7.85. The van der Waals surface area contributed by atoms with E-state index >= 15 is 0 Å². The topological polar surface area (TPSA) is 114 Å². The van der Waals surface area contributed by atoms with Crippen molar-refractivity contribution in [3.05, 3.63) is 41.7 Å². The number of anilines is 1. The van der Waals surface area contributed by atoms with Gasteiger partial charge in [-0.15, -0.1) is 0 Å². The molecule has 1 rings (SSSR count). The molecule has 1 aromatic carbocycles. The first-order valence-corrected chi connectivity index (χ1v) is 6.23. The van der Waals surface area contributed by atoms with Gasteiger partial charge in [0.15, 0.2) is 0 Å². The largest absolute Gasteiger partial charge is 0.512 e. The average Bonchev–Trinajstić information content (AvgIpc) is 2.39. The lowest BCUT2D eigenvalue weighted by atomic mass is 10.2. The fourth-order valence-electron chi connectivity index (χ4n) is 1.48. The first-order valence-electron chi connectivity index (χ1n) is 6.23. The van der Waals surface area contributed by atoms with E-state index in [0.29, 0.717) is 5.69 Å². The molecular weight excluding hydrogens is 274 g/mol. The lowest BCUT2D eigenvalue weighted by Gasteiger charge is -2.07. The zero-order valence-corrected chi connectivity index (χ0v) is 11.8. The van der Waals surface area contributed by atoms with Crippen LogP contribution in [0.15, 0.2) is 46.7 Å². The predicted molar refractivity (Wildman–Crippen MR) is 79.0 cm³/mol. The second kappa shape index (κ2) is 7.68. The minimum atomic E-state index is -0.841.